The molecule has 0 saturated heterocycles. The van der Waals surface area contributed by atoms with Crippen LogP contribution in [0, 0.1) is 5.92 Å². The van der Waals surface area contributed by atoms with Crippen LogP contribution in [0.5, 0.6) is 0 Å². The van der Waals surface area contributed by atoms with Crippen LogP contribution in [0.25, 0.3) is 0 Å². The van der Waals surface area contributed by atoms with Crippen molar-refractivity contribution in [3.05, 3.63) is 12.7 Å². The Bertz CT molecular complexity index is 141. The van der Waals surface area contributed by atoms with Gasteiger partial charge in [-0.15, -0.1) is 6.58 Å². The van der Waals surface area contributed by atoms with Crippen molar-refractivity contribution in [2.45, 2.75) is 33.1 Å². The Kier molecular flexibility index (Phi) is 6.44. The molecule has 1 unspecified atom stereocenters. The van der Waals surface area contributed by atoms with Gasteiger partial charge in [0, 0.05) is 0 Å². The third-order valence-electron chi connectivity index (χ3n) is 1.81. The van der Waals surface area contributed by atoms with Gasteiger partial charge in [0.05, 0.1) is 12.5 Å². The number of rotatable bonds is 6. The summed E-state index contributed by atoms with van der Waals surface area (Å²) in [5, 5.41) is 0. The molecule has 0 saturated carbocycles. The van der Waals surface area contributed by atoms with Crippen LogP contribution in [-0.4, -0.2) is 12.6 Å². The molecule has 0 rings (SSSR count). The highest BCUT2D eigenvalue weighted by Crippen LogP contribution is 2.03. The fourth-order valence-electron chi connectivity index (χ4n) is 0.709. The standard InChI is InChI=1S/C10H18O2/c1-4-6-7-8-12-10(11)9(3)5-2/h4,9H,1,5-8H2,2-3H3. The zero-order valence-electron chi connectivity index (χ0n) is 8.01. The molecule has 0 aromatic rings. The molecule has 0 fully saturated rings. The predicted octanol–water partition coefficient (Wildman–Crippen LogP) is 2.54. The number of ether oxygens (including phenoxy) is 1. The maximum atomic E-state index is 11.1. The lowest BCUT2D eigenvalue weighted by atomic mass is 10.1. The molecule has 0 aromatic carbocycles. The topological polar surface area (TPSA) is 26.3 Å². The molecule has 0 aliphatic rings. The molecule has 0 aliphatic heterocycles. The predicted molar refractivity (Wildman–Crippen MR) is 49.8 cm³/mol. The van der Waals surface area contributed by atoms with Crippen LogP contribution in [0.3, 0.4) is 0 Å². The Balaban J connectivity index is 3.37. The van der Waals surface area contributed by atoms with Gasteiger partial charge in [-0.05, 0) is 19.3 Å². The van der Waals surface area contributed by atoms with Crippen molar-refractivity contribution in [3.8, 4) is 0 Å². The summed E-state index contributed by atoms with van der Waals surface area (Å²) in [6, 6.07) is 0. The summed E-state index contributed by atoms with van der Waals surface area (Å²) in [4.78, 5) is 11.1. The van der Waals surface area contributed by atoms with Crippen LogP contribution in [0.2, 0.25) is 0 Å². The Morgan fingerprint density at radius 1 is 1.67 bits per heavy atom. The summed E-state index contributed by atoms with van der Waals surface area (Å²) >= 11 is 0. The van der Waals surface area contributed by atoms with E-state index in [1.807, 2.05) is 19.9 Å². The molecule has 0 aromatic heterocycles. The Morgan fingerprint density at radius 2 is 2.33 bits per heavy atom. The van der Waals surface area contributed by atoms with E-state index in [2.05, 4.69) is 6.58 Å². The van der Waals surface area contributed by atoms with Gasteiger partial charge in [-0.2, -0.15) is 0 Å². The smallest absolute Gasteiger partial charge is 0.308 e. The summed E-state index contributed by atoms with van der Waals surface area (Å²) < 4.78 is 5.01. The number of carbonyl (C=O) groups is 1. The van der Waals surface area contributed by atoms with Crippen molar-refractivity contribution in [1.29, 1.82) is 0 Å². The van der Waals surface area contributed by atoms with Gasteiger partial charge >= 0.3 is 5.97 Å². The molecule has 0 amide bonds. The van der Waals surface area contributed by atoms with E-state index in [1.54, 1.807) is 0 Å². The first-order valence-corrected chi connectivity index (χ1v) is 4.49. The van der Waals surface area contributed by atoms with Crippen molar-refractivity contribution < 1.29 is 9.53 Å². The van der Waals surface area contributed by atoms with Crippen LogP contribution in [0.1, 0.15) is 33.1 Å². The van der Waals surface area contributed by atoms with E-state index < -0.39 is 0 Å². The Labute approximate surface area is 74.6 Å². The van der Waals surface area contributed by atoms with E-state index in [1.165, 1.54) is 0 Å². The van der Waals surface area contributed by atoms with Crippen LogP contribution >= 0.6 is 0 Å². The number of unbranched alkanes of at least 4 members (excludes halogenated alkanes) is 1. The maximum absolute atomic E-state index is 11.1. The number of hydrogen-bond donors (Lipinski definition) is 0. The third kappa shape index (κ3) is 4.94. The van der Waals surface area contributed by atoms with Gasteiger partial charge < -0.3 is 4.74 Å². The SMILES string of the molecule is C=CCCCOC(=O)C(C)CC. The van der Waals surface area contributed by atoms with Crippen LogP contribution in [0.4, 0.5) is 0 Å². The number of hydrogen-bond acceptors (Lipinski definition) is 2. The Morgan fingerprint density at radius 3 is 2.83 bits per heavy atom. The van der Waals surface area contributed by atoms with Gasteiger partial charge in [-0.3, -0.25) is 4.79 Å². The zero-order chi connectivity index (χ0) is 9.40. The lowest BCUT2D eigenvalue weighted by Crippen LogP contribution is -2.14. The molecular weight excluding hydrogens is 152 g/mol. The van der Waals surface area contributed by atoms with Gasteiger partial charge in [0.2, 0.25) is 0 Å². The summed E-state index contributed by atoms with van der Waals surface area (Å²) in [5.41, 5.74) is 0. The highest BCUT2D eigenvalue weighted by molar-refractivity contribution is 5.71. The van der Waals surface area contributed by atoms with Crippen molar-refractivity contribution in [2.24, 2.45) is 5.92 Å². The van der Waals surface area contributed by atoms with E-state index in [9.17, 15) is 4.79 Å². The second kappa shape index (κ2) is 6.89. The molecule has 0 radical (unpaired) electrons. The first kappa shape index (κ1) is 11.2. The van der Waals surface area contributed by atoms with Crippen molar-refractivity contribution >= 4 is 5.97 Å². The van der Waals surface area contributed by atoms with E-state index in [4.69, 9.17) is 4.74 Å². The molecular formula is C10H18O2. The maximum Gasteiger partial charge on any atom is 0.308 e. The van der Waals surface area contributed by atoms with Gasteiger partial charge in [-0.25, -0.2) is 0 Å². The Hall–Kier alpha value is -0.790. The van der Waals surface area contributed by atoms with Crippen LogP contribution in [0.15, 0.2) is 12.7 Å². The molecule has 12 heavy (non-hydrogen) atoms. The number of esters is 1. The third-order valence-corrected chi connectivity index (χ3v) is 1.81. The average molecular weight is 170 g/mol. The molecule has 1 atom stereocenters. The molecule has 2 nitrogen and oxygen atoms in total. The van der Waals surface area contributed by atoms with E-state index in [0.717, 1.165) is 19.3 Å². The molecule has 0 bridgehead atoms. The quantitative estimate of drug-likeness (QED) is 0.348. The first-order chi connectivity index (χ1) is 5.72. The molecule has 0 aliphatic carbocycles. The van der Waals surface area contributed by atoms with Crippen molar-refractivity contribution in [1.82, 2.24) is 0 Å². The monoisotopic (exact) mass is 170 g/mol. The molecule has 0 spiro atoms. The summed E-state index contributed by atoms with van der Waals surface area (Å²) in [6.45, 7) is 7.98. The normalized spacial score (nSPS) is 12.2. The minimum Gasteiger partial charge on any atom is -0.465 e. The highest BCUT2D eigenvalue weighted by atomic mass is 16.5. The van der Waals surface area contributed by atoms with Crippen molar-refractivity contribution in [2.75, 3.05) is 6.61 Å². The summed E-state index contributed by atoms with van der Waals surface area (Å²) in [7, 11) is 0. The summed E-state index contributed by atoms with van der Waals surface area (Å²) in [6.07, 6.45) is 4.47. The van der Waals surface area contributed by atoms with Gasteiger partial charge in [-0.1, -0.05) is 19.9 Å². The second-order valence-electron chi connectivity index (χ2n) is 2.91. The average Bonchev–Trinajstić information content (AvgIpc) is 2.10. The zero-order valence-corrected chi connectivity index (χ0v) is 8.01. The van der Waals surface area contributed by atoms with Gasteiger partial charge in [0.1, 0.15) is 0 Å². The number of carbonyl (C=O) groups excluding carboxylic acids is 1. The lowest BCUT2D eigenvalue weighted by Gasteiger charge is -2.07. The fraction of sp³-hybridized carbons (Fsp3) is 0.700. The van der Waals surface area contributed by atoms with E-state index in [-0.39, 0.29) is 11.9 Å². The summed E-state index contributed by atoms with van der Waals surface area (Å²) in [5.74, 6) is -0.0460. The van der Waals surface area contributed by atoms with Crippen molar-refractivity contribution in [3.63, 3.8) is 0 Å². The van der Waals surface area contributed by atoms with Crippen LogP contribution < -0.4 is 0 Å². The fourth-order valence-corrected chi connectivity index (χ4v) is 0.709. The highest BCUT2D eigenvalue weighted by Gasteiger charge is 2.10. The first-order valence-electron chi connectivity index (χ1n) is 4.49. The van der Waals surface area contributed by atoms with E-state index >= 15 is 0 Å². The van der Waals surface area contributed by atoms with Gasteiger partial charge in [0.15, 0.2) is 0 Å². The van der Waals surface area contributed by atoms with Crippen LogP contribution in [-0.2, 0) is 9.53 Å². The molecule has 0 N–H and O–H groups in total. The van der Waals surface area contributed by atoms with E-state index in [0.29, 0.717) is 6.61 Å². The molecule has 70 valence electrons. The second-order valence-corrected chi connectivity index (χ2v) is 2.91. The minimum atomic E-state index is -0.0819. The lowest BCUT2D eigenvalue weighted by molar-refractivity contribution is -0.148. The van der Waals surface area contributed by atoms with Gasteiger partial charge in [0.25, 0.3) is 0 Å². The molecule has 0 heterocycles. The molecule has 2 heteroatoms. The largest absolute Gasteiger partial charge is 0.465 e. The minimum absolute atomic E-state index is 0.0359. The number of allylic oxidation sites excluding steroid dienone is 1.